The van der Waals surface area contributed by atoms with Crippen molar-refractivity contribution in [3.05, 3.63) is 46.6 Å². The van der Waals surface area contributed by atoms with Gasteiger partial charge in [0.2, 0.25) is 5.91 Å². The van der Waals surface area contributed by atoms with Gasteiger partial charge < -0.3 is 14.6 Å². The summed E-state index contributed by atoms with van der Waals surface area (Å²) in [5, 5.41) is 3.93. The predicted octanol–water partition coefficient (Wildman–Crippen LogP) is 3.92. The summed E-state index contributed by atoms with van der Waals surface area (Å²) in [6.45, 7) is 5.62. The lowest BCUT2D eigenvalue weighted by Gasteiger charge is -2.05. The summed E-state index contributed by atoms with van der Waals surface area (Å²) >= 11 is 1.28. The average Bonchev–Trinajstić information content (AvgIpc) is 3.22. The number of aromatic nitrogens is 2. The summed E-state index contributed by atoms with van der Waals surface area (Å²) in [6, 6.07) is 7.46. The molecule has 0 aliphatic rings. The molecule has 0 radical (unpaired) electrons. The highest BCUT2D eigenvalue weighted by Crippen LogP contribution is 2.27. The molecule has 1 amide bonds. The zero-order valence-electron chi connectivity index (χ0n) is 16.8. The monoisotopic (exact) mass is 413 g/mol. The number of Topliss-reactive ketones (excluding diaryl/α,β-unsaturated/α-hetero) is 1. The molecule has 0 bridgehead atoms. The van der Waals surface area contributed by atoms with Crippen molar-refractivity contribution in [3.8, 4) is 0 Å². The first-order valence-corrected chi connectivity index (χ1v) is 10.1. The fourth-order valence-corrected chi connectivity index (χ4v) is 4.32. The minimum atomic E-state index is -0.514. The van der Waals surface area contributed by atoms with Gasteiger partial charge in [0, 0.05) is 27.5 Å². The lowest BCUT2D eigenvalue weighted by molar-refractivity contribution is -0.116. The van der Waals surface area contributed by atoms with Crippen molar-refractivity contribution in [2.24, 2.45) is 5.92 Å². The summed E-state index contributed by atoms with van der Waals surface area (Å²) in [5.74, 6) is -0.526. The normalized spacial score (nSPS) is 11.1. The van der Waals surface area contributed by atoms with Crippen LogP contribution >= 0.6 is 11.3 Å². The molecule has 0 aliphatic carbocycles. The van der Waals surface area contributed by atoms with Crippen molar-refractivity contribution in [1.82, 2.24) is 9.55 Å². The Balaban J connectivity index is 1.83. The summed E-state index contributed by atoms with van der Waals surface area (Å²) in [6.07, 6.45) is 2.36. The quantitative estimate of drug-likeness (QED) is 0.468. The van der Waals surface area contributed by atoms with Crippen molar-refractivity contribution < 1.29 is 19.1 Å². The predicted molar refractivity (Wildman–Crippen MR) is 113 cm³/mol. The van der Waals surface area contributed by atoms with Crippen LogP contribution in [0.25, 0.3) is 10.9 Å². The second kappa shape index (κ2) is 8.57. The summed E-state index contributed by atoms with van der Waals surface area (Å²) < 4.78 is 6.54. The van der Waals surface area contributed by atoms with Crippen LogP contribution in [0.4, 0.5) is 5.13 Å². The van der Waals surface area contributed by atoms with Crippen molar-refractivity contribution in [1.29, 1.82) is 0 Å². The lowest BCUT2D eigenvalue weighted by atomic mass is 10.1. The van der Waals surface area contributed by atoms with E-state index in [4.69, 9.17) is 4.74 Å². The number of thiazole rings is 1. The number of benzene rings is 1. The molecular formula is C21H23N3O4S. The Morgan fingerprint density at radius 2 is 1.97 bits per heavy atom. The largest absolute Gasteiger partial charge is 0.464 e. The first kappa shape index (κ1) is 20.7. The summed E-state index contributed by atoms with van der Waals surface area (Å²) in [5.41, 5.74) is 1.63. The van der Waals surface area contributed by atoms with Crippen LogP contribution in [0.5, 0.6) is 0 Å². The van der Waals surface area contributed by atoms with Crippen molar-refractivity contribution in [2.75, 3.05) is 12.4 Å². The molecule has 0 atom stereocenters. The fraction of sp³-hybridized carbons (Fsp3) is 0.333. The first-order valence-electron chi connectivity index (χ1n) is 9.26. The van der Waals surface area contributed by atoms with E-state index in [0.29, 0.717) is 23.0 Å². The highest BCUT2D eigenvalue weighted by atomic mass is 32.1. The number of rotatable bonds is 7. The molecular weight excluding hydrogens is 390 g/mol. The molecule has 1 aromatic carbocycles. The molecule has 1 N–H and O–H groups in total. The molecule has 0 spiro atoms. The molecule has 3 rings (SSSR count). The van der Waals surface area contributed by atoms with E-state index >= 15 is 0 Å². The van der Waals surface area contributed by atoms with Crippen LogP contribution < -0.4 is 5.32 Å². The zero-order valence-corrected chi connectivity index (χ0v) is 17.6. The first-order chi connectivity index (χ1) is 13.8. The number of hydrogen-bond donors (Lipinski definition) is 1. The van der Waals surface area contributed by atoms with E-state index in [-0.39, 0.29) is 23.9 Å². The molecule has 3 aromatic rings. The number of methoxy groups -OCH3 is 1. The SMILES string of the molecule is COC(=O)c1nc(NC(=O)Cn2cc(C(C)=O)c3ccccc32)sc1CC(C)C. The fourth-order valence-electron chi connectivity index (χ4n) is 3.14. The standard InChI is InChI=1S/C21H23N3O4S/c1-12(2)9-17-19(20(27)28-4)23-21(29-17)22-18(26)11-24-10-15(13(3)25)14-7-5-6-8-16(14)24/h5-8,10,12H,9,11H2,1-4H3,(H,22,23,26). The van der Waals surface area contributed by atoms with Crippen LogP contribution in [0.15, 0.2) is 30.5 Å². The Bertz CT molecular complexity index is 1080. The minimum absolute atomic E-state index is 0.0282. The number of ether oxygens (including phenoxy) is 1. The zero-order chi connectivity index (χ0) is 21.1. The van der Waals surface area contributed by atoms with Crippen LogP contribution in [0.1, 0.15) is 46.5 Å². The van der Waals surface area contributed by atoms with Gasteiger partial charge in [-0.2, -0.15) is 0 Å². The van der Waals surface area contributed by atoms with Crippen LogP contribution in [0.3, 0.4) is 0 Å². The summed E-state index contributed by atoms with van der Waals surface area (Å²) in [4.78, 5) is 41.6. The number of para-hydroxylation sites is 1. The third-order valence-corrected chi connectivity index (χ3v) is 5.39. The van der Waals surface area contributed by atoms with Gasteiger partial charge >= 0.3 is 5.97 Å². The van der Waals surface area contributed by atoms with E-state index in [1.807, 2.05) is 38.1 Å². The Kier molecular flexibility index (Phi) is 6.12. The van der Waals surface area contributed by atoms with Crippen LogP contribution in [0, 0.1) is 5.92 Å². The van der Waals surface area contributed by atoms with E-state index in [9.17, 15) is 14.4 Å². The van der Waals surface area contributed by atoms with E-state index < -0.39 is 5.97 Å². The molecule has 8 heteroatoms. The van der Waals surface area contributed by atoms with Gasteiger partial charge in [-0.05, 0) is 25.3 Å². The maximum absolute atomic E-state index is 12.6. The van der Waals surface area contributed by atoms with Crippen molar-refractivity contribution >= 4 is 45.0 Å². The maximum Gasteiger partial charge on any atom is 0.357 e. The third-order valence-electron chi connectivity index (χ3n) is 4.40. The topological polar surface area (TPSA) is 90.3 Å². The number of hydrogen-bond acceptors (Lipinski definition) is 6. The van der Waals surface area contributed by atoms with Gasteiger partial charge in [-0.1, -0.05) is 32.0 Å². The van der Waals surface area contributed by atoms with E-state index in [0.717, 1.165) is 15.8 Å². The number of amides is 1. The van der Waals surface area contributed by atoms with Crippen LogP contribution in [-0.2, 0) is 22.5 Å². The molecule has 0 saturated heterocycles. The number of esters is 1. The van der Waals surface area contributed by atoms with Gasteiger partial charge in [-0.3, -0.25) is 9.59 Å². The van der Waals surface area contributed by atoms with Crippen LogP contribution in [-0.4, -0.2) is 34.3 Å². The number of nitrogens with zero attached hydrogens (tertiary/aromatic N) is 2. The van der Waals surface area contributed by atoms with Gasteiger partial charge in [0.05, 0.1) is 7.11 Å². The van der Waals surface area contributed by atoms with E-state index in [2.05, 4.69) is 10.3 Å². The van der Waals surface area contributed by atoms with Gasteiger partial charge in [-0.25, -0.2) is 9.78 Å². The van der Waals surface area contributed by atoms with Crippen molar-refractivity contribution in [2.45, 2.75) is 33.7 Å². The smallest absolute Gasteiger partial charge is 0.357 e. The summed E-state index contributed by atoms with van der Waals surface area (Å²) in [7, 11) is 1.31. The molecule has 0 fully saturated rings. The van der Waals surface area contributed by atoms with E-state index in [1.165, 1.54) is 25.4 Å². The Labute approximate surface area is 172 Å². The number of nitrogens with one attached hydrogen (secondary N) is 1. The number of anilines is 1. The second-order valence-corrected chi connectivity index (χ2v) is 8.26. The van der Waals surface area contributed by atoms with E-state index in [1.54, 1.807) is 10.8 Å². The van der Waals surface area contributed by atoms with Gasteiger partial charge in [0.15, 0.2) is 16.6 Å². The minimum Gasteiger partial charge on any atom is -0.464 e. The number of carbonyl (C=O) groups excluding carboxylic acids is 3. The Morgan fingerprint density at radius 3 is 2.62 bits per heavy atom. The number of ketones is 1. The molecule has 0 unspecified atom stereocenters. The molecule has 0 saturated carbocycles. The van der Waals surface area contributed by atoms with Gasteiger partial charge in [0.25, 0.3) is 0 Å². The molecule has 2 heterocycles. The Morgan fingerprint density at radius 1 is 1.24 bits per heavy atom. The van der Waals surface area contributed by atoms with Crippen molar-refractivity contribution in [3.63, 3.8) is 0 Å². The highest BCUT2D eigenvalue weighted by molar-refractivity contribution is 7.16. The average molecular weight is 413 g/mol. The molecule has 152 valence electrons. The molecule has 7 nitrogen and oxygen atoms in total. The number of carbonyl (C=O) groups is 3. The highest BCUT2D eigenvalue weighted by Gasteiger charge is 2.21. The molecule has 29 heavy (non-hydrogen) atoms. The second-order valence-electron chi connectivity index (χ2n) is 7.17. The lowest BCUT2D eigenvalue weighted by Crippen LogP contribution is -2.18. The van der Waals surface area contributed by atoms with Gasteiger partial charge in [-0.15, -0.1) is 11.3 Å². The number of fused-ring (bicyclic) bond motifs is 1. The maximum atomic E-state index is 12.6. The molecule has 0 aliphatic heterocycles. The third kappa shape index (κ3) is 4.54. The Hall–Kier alpha value is -3.00. The van der Waals surface area contributed by atoms with Gasteiger partial charge in [0.1, 0.15) is 6.54 Å². The van der Waals surface area contributed by atoms with Crippen LogP contribution in [0.2, 0.25) is 0 Å². The molecule has 2 aromatic heterocycles.